The third kappa shape index (κ3) is 0.992. The molecule has 0 spiro atoms. The van der Waals surface area contributed by atoms with Crippen molar-refractivity contribution in [3.63, 3.8) is 0 Å². The number of hydrogen-bond acceptors (Lipinski definition) is 1. The van der Waals surface area contributed by atoms with Crippen molar-refractivity contribution in [3.05, 3.63) is 44.5 Å². The van der Waals surface area contributed by atoms with Gasteiger partial charge in [-0.3, -0.25) is 0 Å². The molecule has 0 amide bonds. The zero-order valence-corrected chi connectivity index (χ0v) is 9.65. The van der Waals surface area contributed by atoms with Gasteiger partial charge in [0.05, 0.1) is 6.07 Å². The molecule has 0 saturated heterocycles. The van der Waals surface area contributed by atoms with E-state index in [2.05, 4.69) is 52.9 Å². The van der Waals surface area contributed by atoms with E-state index in [-0.39, 0.29) is 0 Å². The lowest BCUT2D eigenvalue weighted by molar-refractivity contribution is 0.794. The highest BCUT2D eigenvalue weighted by molar-refractivity contribution is 14.1. The fourth-order valence-corrected chi connectivity index (χ4v) is 3.11. The van der Waals surface area contributed by atoms with Gasteiger partial charge in [-0.25, -0.2) is 0 Å². The molecule has 2 atom stereocenters. The average molecular weight is 293 g/mol. The van der Waals surface area contributed by atoms with E-state index < -0.39 is 0 Å². The largest absolute Gasteiger partial charge is 0.193 e. The fourth-order valence-electron chi connectivity index (χ4n) is 2.59. The number of allylic oxidation sites excluding steroid dienone is 2. The minimum atomic E-state index is 0.400. The Morgan fingerprint density at radius 1 is 1.36 bits per heavy atom. The van der Waals surface area contributed by atoms with Gasteiger partial charge in [-0.2, -0.15) is 5.26 Å². The van der Waals surface area contributed by atoms with Gasteiger partial charge in [0.25, 0.3) is 0 Å². The highest BCUT2D eigenvalue weighted by Gasteiger charge is 2.37. The van der Waals surface area contributed by atoms with Crippen molar-refractivity contribution in [1.82, 2.24) is 0 Å². The lowest BCUT2D eigenvalue weighted by Gasteiger charge is -2.12. The van der Waals surface area contributed by atoms with E-state index in [4.69, 9.17) is 5.26 Å². The predicted octanol–water partition coefficient (Wildman–Crippen LogP) is 3.33. The van der Waals surface area contributed by atoms with Gasteiger partial charge in [0, 0.05) is 21.0 Å². The van der Waals surface area contributed by atoms with Gasteiger partial charge in [0.15, 0.2) is 0 Å². The summed E-state index contributed by atoms with van der Waals surface area (Å²) in [6.07, 6.45) is 3.27. The third-order valence-corrected chi connectivity index (χ3v) is 3.87. The van der Waals surface area contributed by atoms with E-state index >= 15 is 0 Å². The molecule has 1 nitrogen and oxygen atoms in total. The van der Waals surface area contributed by atoms with E-state index in [0.29, 0.717) is 11.8 Å². The van der Waals surface area contributed by atoms with E-state index in [1.165, 1.54) is 14.7 Å². The topological polar surface area (TPSA) is 23.8 Å². The first-order valence-corrected chi connectivity index (χ1v) is 5.78. The van der Waals surface area contributed by atoms with Crippen LogP contribution >= 0.6 is 22.6 Å². The van der Waals surface area contributed by atoms with Gasteiger partial charge in [0.2, 0.25) is 0 Å². The molecule has 2 aliphatic carbocycles. The molecular weight excluding hydrogens is 285 g/mol. The molecule has 2 heteroatoms. The molecule has 0 N–H and O–H groups in total. The maximum Gasteiger partial charge on any atom is 0.0950 e. The second kappa shape index (κ2) is 2.83. The van der Waals surface area contributed by atoms with Crippen LogP contribution in [0, 0.1) is 14.9 Å². The second-order valence-corrected chi connectivity index (χ2v) is 5.15. The zero-order chi connectivity index (χ0) is 9.71. The number of benzene rings is 1. The Bertz CT molecular complexity index is 482. The first-order valence-electron chi connectivity index (χ1n) is 4.71. The Labute approximate surface area is 96.6 Å². The van der Waals surface area contributed by atoms with Gasteiger partial charge in [-0.05, 0) is 52.3 Å². The normalized spacial score (nSPS) is 27.0. The predicted molar refractivity (Wildman–Crippen MR) is 63.0 cm³/mol. The molecule has 0 heterocycles. The fraction of sp³-hybridized carbons (Fsp3) is 0.250. The van der Waals surface area contributed by atoms with Crippen LogP contribution in [0.3, 0.4) is 0 Å². The SMILES string of the molecule is N#CC1=C[C@H]2C[C@H]1c1ccc(I)cc12. The standard InChI is InChI=1S/C12H8IN/c13-9-1-2-10-11-4-7(12(10)5-9)3-8(11)6-14/h1-3,5,7,11H,4H2/t7-,11+/m0/s1. The molecule has 68 valence electrons. The summed E-state index contributed by atoms with van der Waals surface area (Å²) in [4.78, 5) is 0. The van der Waals surface area contributed by atoms with Gasteiger partial charge in [-0.1, -0.05) is 12.1 Å². The molecule has 2 aliphatic rings. The molecule has 0 saturated carbocycles. The number of fused-ring (bicyclic) bond motifs is 5. The Morgan fingerprint density at radius 2 is 2.21 bits per heavy atom. The summed E-state index contributed by atoms with van der Waals surface area (Å²) in [5.74, 6) is 0.913. The lowest BCUT2D eigenvalue weighted by Crippen LogP contribution is -1.97. The van der Waals surface area contributed by atoms with Gasteiger partial charge in [0.1, 0.15) is 0 Å². The lowest BCUT2D eigenvalue weighted by atomic mass is 9.92. The van der Waals surface area contributed by atoms with Crippen LogP contribution in [0.15, 0.2) is 29.8 Å². The van der Waals surface area contributed by atoms with Crippen molar-refractivity contribution in [2.24, 2.45) is 0 Å². The summed E-state index contributed by atoms with van der Waals surface area (Å²) < 4.78 is 1.29. The van der Waals surface area contributed by atoms with Crippen molar-refractivity contribution in [3.8, 4) is 6.07 Å². The minimum Gasteiger partial charge on any atom is -0.193 e. The first kappa shape index (κ1) is 8.49. The van der Waals surface area contributed by atoms with E-state index in [1.54, 1.807) is 0 Å². The van der Waals surface area contributed by atoms with Crippen molar-refractivity contribution < 1.29 is 0 Å². The number of nitrogens with zero attached hydrogens (tertiary/aromatic N) is 1. The van der Waals surface area contributed by atoms with E-state index in [1.807, 2.05) is 0 Å². The highest BCUT2D eigenvalue weighted by atomic mass is 127. The molecule has 3 rings (SSSR count). The number of halogens is 1. The Morgan fingerprint density at radius 3 is 3.00 bits per heavy atom. The van der Waals surface area contributed by atoms with Crippen LogP contribution in [-0.4, -0.2) is 0 Å². The molecule has 0 unspecified atom stereocenters. The minimum absolute atomic E-state index is 0.400. The van der Waals surface area contributed by atoms with Crippen LogP contribution in [0.1, 0.15) is 29.4 Å². The molecule has 0 aliphatic heterocycles. The average Bonchev–Trinajstić information content (AvgIpc) is 2.74. The number of rotatable bonds is 0. The maximum absolute atomic E-state index is 8.95. The maximum atomic E-state index is 8.95. The van der Waals surface area contributed by atoms with Gasteiger partial charge >= 0.3 is 0 Å². The van der Waals surface area contributed by atoms with Crippen LogP contribution in [0.5, 0.6) is 0 Å². The molecule has 0 aromatic heterocycles. The van der Waals surface area contributed by atoms with E-state index in [9.17, 15) is 0 Å². The molecule has 1 aromatic carbocycles. The number of hydrogen-bond donors (Lipinski definition) is 0. The molecule has 0 radical (unpaired) electrons. The van der Waals surface area contributed by atoms with Crippen molar-refractivity contribution >= 4 is 22.6 Å². The Kier molecular flexibility index (Phi) is 1.72. The smallest absolute Gasteiger partial charge is 0.0950 e. The second-order valence-electron chi connectivity index (χ2n) is 3.90. The Balaban J connectivity index is 2.17. The van der Waals surface area contributed by atoms with Crippen LogP contribution in [0.25, 0.3) is 0 Å². The summed E-state index contributed by atoms with van der Waals surface area (Å²) in [5.41, 5.74) is 3.80. The summed E-state index contributed by atoms with van der Waals surface area (Å²) in [6.45, 7) is 0. The summed E-state index contributed by atoms with van der Waals surface area (Å²) in [7, 11) is 0. The zero-order valence-electron chi connectivity index (χ0n) is 7.50. The molecule has 1 aromatic rings. The first-order chi connectivity index (χ1) is 6.79. The van der Waals surface area contributed by atoms with Crippen molar-refractivity contribution in [2.75, 3.05) is 0 Å². The summed E-state index contributed by atoms with van der Waals surface area (Å²) in [6, 6.07) is 8.89. The van der Waals surface area contributed by atoms with Crippen LogP contribution in [-0.2, 0) is 0 Å². The van der Waals surface area contributed by atoms with Crippen molar-refractivity contribution in [2.45, 2.75) is 18.3 Å². The van der Waals surface area contributed by atoms with Crippen LogP contribution in [0.2, 0.25) is 0 Å². The molecule has 2 bridgehead atoms. The quantitative estimate of drug-likeness (QED) is 0.673. The van der Waals surface area contributed by atoms with E-state index in [0.717, 1.165) is 12.0 Å². The Hall–Kier alpha value is -0.820. The number of nitriles is 1. The monoisotopic (exact) mass is 293 g/mol. The van der Waals surface area contributed by atoms with Crippen molar-refractivity contribution in [1.29, 1.82) is 5.26 Å². The summed E-state index contributed by atoms with van der Waals surface area (Å²) >= 11 is 2.34. The van der Waals surface area contributed by atoms with Crippen LogP contribution < -0.4 is 0 Å². The highest BCUT2D eigenvalue weighted by Crippen LogP contribution is 2.52. The molecular formula is C12H8IN. The summed E-state index contributed by atoms with van der Waals surface area (Å²) in [5, 5.41) is 8.95. The van der Waals surface area contributed by atoms with Gasteiger partial charge < -0.3 is 0 Å². The molecule has 14 heavy (non-hydrogen) atoms. The van der Waals surface area contributed by atoms with Crippen LogP contribution in [0.4, 0.5) is 0 Å². The van der Waals surface area contributed by atoms with Gasteiger partial charge in [-0.15, -0.1) is 0 Å². The molecule has 0 fully saturated rings. The third-order valence-electron chi connectivity index (χ3n) is 3.20.